The quantitative estimate of drug-likeness (QED) is 0.270. The third-order valence-corrected chi connectivity index (χ3v) is 8.64. The number of hydrogen-bond acceptors (Lipinski definition) is 6. The van der Waals surface area contributed by atoms with Crippen LogP contribution in [0.3, 0.4) is 0 Å². The number of carbonyl (C=O) groups excluding carboxylic acids is 3. The Bertz CT molecular complexity index is 1700. The molecule has 4 aromatic rings. The molecule has 9 nitrogen and oxygen atoms in total. The minimum Gasteiger partial charge on any atom is -0.453 e. The Morgan fingerprint density at radius 2 is 1.77 bits per heavy atom. The molecule has 1 fully saturated rings. The molecule has 2 aliphatic rings. The number of benzene rings is 3. The van der Waals surface area contributed by atoms with E-state index in [-0.39, 0.29) is 29.1 Å². The monoisotopic (exact) mass is 597 g/mol. The fraction of sp³-hybridized carbons (Fsp3) is 0.188. The Hall–Kier alpha value is -4.90. The van der Waals surface area contributed by atoms with E-state index in [4.69, 9.17) is 4.74 Å². The van der Waals surface area contributed by atoms with E-state index in [0.29, 0.717) is 30.0 Å². The molecule has 0 saturated carbocycles. The maximum absolute atomic E-state index is 15.2. The molecule has 218 valence electrons. The van der Waals surface area contributed by atoms with E-state index in [2.05, 4.69) is 10.3 Å². The minimum atomic E-state index is -0.664. The van der Waals surface area contributed by atoms with Gasteiger partial charge >= 0.3 is 12.1 Å². The van der Waals surface area contributed by atoms with E-state index in [1.54, 1.807) is 50.3 Å². The molecule has 1 atom stereocenters. The summed E-state index contributed by atoms with van der Waals surface area (Å²) >= 11 is 1.58. The number of carbonyl (C=O) groups is 3. The molecule has 1 saturated heterocycles. The smallest absolute Gasteiger partial charge is 0.332 e. The van der Waals surface area contributed by atoms with Crippen molar-refractivity contribution in [1.29, 1.82) is 0 Å². The van der Waals surface area contributed by atoms with Crippen molar-refractivity contribution < 1.29 is 23.5 Å². The molecule has 1 aromatic heterocycles. The van der Waals surface area contributed by atoms with Crippen LogP contribution >= 0.6 is 11.8 Å². The van der Waals surface area contributed by atoms with Crippen LogP contribution in [-0.4, -0.2) is 59.9 Å². The van der Waals surface area contributed by atoms with Crippen molar-refractivity contribution in [2.24, 2.45) is 0 Å². The Morgan fingerprint density at radius 3 is 2.49 bits per heavy atom. The Labute approximate surface area is 252 Å². The van der Waals surface area contributed by atoms with Crippen molar-refractivity contribution in [3.05, 3.63) is 108 Å². The van der Waals surface area contributed by atoms with Gasteiger partial charge in [0, 0.05) is 67.6 Å². The van der Waals surface area contributed by atoms with Crippen LogP contribution in [-0.2, 0) is 6.42 Å². The Kier molecular flexibility index (Phi) is 7.73. The summed E-state index contributed by atoms with van der Waals surface area (Å²) in [6.45, 7) is 0.585. The number of halogens is 1. The van der Waals surface area contributed by atoms with Gasteiger partial charge in [-0.05, 0) is 42.0 Å². The number of imide groups is 1. The van der Waals surface area contributed by atoms with Crippen LogP contribution in [0.25, 0.3) is 0 Å². The number of aromatic nitrogens is 1. The number of urea groups is 2. The highest BCUT2D eigenvalue weighted by Crippen LogP contribution is 2.50. The first-order chi connectivity index (χ1) is 20.8. The van der Waals surface area contributed by atoms with E-state index in [1.165, 1.54) is 21.9 Å². The first kappa shape index (κ1) is 28.2. The van der Waals surface area contributed by atoms with Gasteiger partial charge in [-0.1, -0.05) is 30.3 Å². The number of hydrogen-bond donors (Lipinski definition) is 1. The van der Waals surface area contributed by atoms with E-state index < -0.39 is 17.9 Å². The molecule has 1 N–H and O–H groups in total. The lowest BCUT2D eigenvalue weighted by atomic mass is 10.0. The molecule has 0 aliphatic carbocycles. The Balaban J connectivity index is 1.11. The number of thioether (sulfide) groups is 1. The molecular weight excluding hydrogens is 569 g/mol. The van der Waals surface area contributed by atoms with Crippen LogP contribution in [0.4, 0.5) is 25.4 Å². The zero-order valence-electron chi connectivity index (χ0n) is 23.5. The predicted octanol–water partition coefficient (Wildman–Crippen LogP) is 6.58. The first-order valence-electron chi connectivity index (χ1n) is 13.7. The highest BCUT2D eigenvalue weighted by molar-refractivity contribution is 8.00. The zero-order chi connectivity index (χ0) is 30.1. The van der Waals surface area contributed by atoms with Crippen molar-refractivity contribution in [3.63, 3.8) is 0 Å². The van der Waals surface area contributed by atoms with Gasteiger partial charge in [0.25, 0.3) is 5.91 Å². The van der Waals surface area contributed by atoms with Gasteiger partial charge in [-0.25, -0.2) is 18.9 Å². The highest BCUT2D eigenvalue weighted by Gasteiger charge is 2.34. The summed E-state index contributed by atoms with van der Waals surface area (Å²) in [6, 6.07) is 21.4. The normalized spacial score (nSPS) is 15.8. The number of fused-ring (bicyclic) bond motifs is 1. The Morgan fingerprint density at radius 1 is 1.00 bits per heavy atom. The number of nitrogens with zero attached hydrogens (tertiary/aromatic N) is 4. The molecule has 3 heterocycles. The summed E-state index contributed by atoms with van der Waals surface area (Å²) in [7, 11) is 3.44. The predicted molar refractivity (Wildman–Crippen MR) is 162 cm³/mol. The number of ether oxygens (including phenoxy) is 1. The topological polar surface area (TPSA) is 95.1 Å². The minimum absolute atomic E-state index is 0.00509. The van der Waals surface area contributed by atoms with Gasteiger partial charge in [0.05, 0.1) is 17.1 Å². The second-order valence-electron chi connectivity index (χ2n) is 10.3. The van der Waals surface area contributed by atoms with Crippen molar-refractivity contribution in [2.45, 2.75) is 16.6 Å². The van der Waals surface area contributed by atoms with Gasteiger partial charge in [-0.3, -0.25) is 14.7 Å². The van der Waals surface area contributed by atoms with Crippen molar-refractivity contribution in [2.75, 3.05) is 37.4 Å². The molecular formula is C32H28FN5O4S. The number of anilines is 2. The zero-order valence-corrected chi connectivity index (χ0v) is 24.3. The average Bonchev–Trinajstić information content (AvgIpc) is 3.63. The molecule has 0 spiro atoms. The summed E-state index contributed by atoms with van der Waals surface area (Å²) in [5.41, 5.74) is 3.43. The lowest BCUT2D eigenvalue weighted by Crippen LogP contribution is -2.39. The van der Waals surface area contributed by atoms with Crippen molar-refractivity contribution >= 4 is 41.1 Å². The van der Waals surface area contributed by atoms with E-state index in [9.17, 15) is 14.4 Å². The summed E-state index contributed by atoms with van der Waals surface area (Å²) in [5.74, 6) is -0.244. The summed E-state index contributed by atoms with van der Waals surface area (Å²) < 4.78 is 21.1. The fourth-order valence-electron chi connectivity index (χ4n) is 5.01. The molecule has 0 bridgehead atoms. The lowest BCUT2D eigenvalue weighted by Gasteiger charge is -2.18. The molecule has 11 heteroatoms. The molecule has 1 unspecified atom stereocenters. The lowest BCUT2D eigenvalue weighted by molar-refractivity contribution is 0.0827. The number of para-hydroxylation sites is 1. The number of nitrogens with one attached hydrogen (secondary N) is 1. The second-order valence-corrected chi connectivity index (χ2v) is 11.5. The van der Waals surface area contributed by atoms with Crippen LogP contribution in [0.15, 0.2) is 90.0 Å². The summed E-state index contributed by atoms with van der Waals surface area (Å²) in [4.78, 5) is 47.4. The van der Waals surface area contributed by atoms with E-state index in [0.717, 1.165) is 27.1 Å². The molecule has 2 aliphatic heterocycles. The summed E-state index contributed by atoms with van der Waals surface area (Å²) in [6.07, 6.45) is 2.30. The SMILES string of the molecule is CN(C)C(=O)c1ccc(C2Cc3nccc(Oc4ccc(NC(=O)N5CCN(c6ccccc6)C5=O)cc4F)c3S2)cc1. The van der Waals surface area contributed by atoms with Gasteiger partial charge in [-0.2, -0.15) is 0 Å². The van der Waals surface area contributed by atoms with Gasteiger partial charge in [0.15, 0.2) is 11.6 Å². The third kappa shape index (κ3) is 5.76. The van der Waals surface area contributed by atoms with Gasteiger partial charge in [0.2, 0.25) is 0 Å². The van der Waals surface area contributed by atoms with Crippen LogP contribution in [0.5, 0.6) is 11.5 Å². The van der Waals surface area contributed by atoms with E-state index in [1.807, 2.05) is 42.5 Å². The van der Waals surface area contributed by atoms with E-state index >= 15 is 4.39 Å². The van der Waals surface area contributed by atoms with Crippen LogP contribution < -0.4 is 15.0 Å². The molecule has 43 heavy (non-hydrogen) atoms. The largest absolute Gasteiger partial charge is 0.453 e. The maximum atomic E-state index is 15.2. The number of rotatable bonds is 6. The summed E-state index contributed by atoms with van der Waals surface area (Å²) in [5, 5.41) is 2.68. The molecule has 0 radical (unpaired) electrons. The molecule has 5 amide bonds. The maximum Gasteiger partial charge on any atom is 0.332 e. The average molecular weight is 598 g/mol. The van der Waals surface area contributed by atoms with Crippen molar-refractivity contribution in [1.82, 2.24) is 14.8 Å². The first-order valence-corrected chi connectivity index (χ1v) is 14.5. The van der Waals surface area contributed by atoms with Gasteiger partial charge in [-0.15, -0.1) is 11.8 Å². The number of amides is 5. The fourth-order valence-corrected chi connectivity index (χ4v) is 6.33. The molecule has 6 rings (SSSR count). The third-order valence-electron chi connectivity index (χ3n) is 7.24. The van der Waals surface area contributed by atoms with Crippen LogP contribution in [0.2, 0.25) is 0 Å². The number of pyridine rings is 1. The highest BCUT2D eigenvalue weighted by atomic mass is 32.2. The van der Waals surface area contributed by atoms with Gasteiger partial charge in [0.1, 0.15) is 5.75 Å². The standard InChI is InChI=1S/C32H28FN5O4S/c1-36(2)30(39)21-10-8-20(9-11-21)28-19-25-29(43-28)27(14-15-34-25)42-26-13-12-22(18-24(26)33)35-31(40)38-17-16-37(32(38)41)23-6-4-3-5-7-23/h3-15,18,28H,16-17,19H2,1-2H3,(H,35,40). The van der Waals surface area contributed by atoms with Crippen LogP contribution in [0.1, 0.15) is 26.9 Å². The second kappa shape index (κ2) is 11.8. The van der Waals surface area contributed by atoms with Gasteiger partial charge < -0.3 is 15.0 Å². The van der Waals surface area contributed by atoms with Crippen molar-refractivity contribution in [3.8, 4) is 11.5 Å². The van der Waals surface area contributed by atoms with Crippen LogP contribution in [0, 0.1) is 5.82 Å². The molecule has 3 aromatic carbocycles.